The van der Waals surface area contributed by atoms with Crippen molar-refractivity contribution < 1.29 is 17.6 Å². The Labute approximate surface area is 161 Å². The third-order valence-corrected chi connectivity index (χ3v) is 7.30. The summed E-state index contributed by atoms with van der Waals surface area (Å²) >= 11 is 3.36. The van der Waals surface area contributed by atoms with Gasteiger partial charge < -0.3 is 4.90 Å². The Kier molecular flexibility index (Phi) is 5.77. The molecule has 0 radical (unpaired) electrons. The summed E-state index contributed by atoms with van der Waals surface area (Å²) in [7, 11) is -3.59. The van der Waals surface area contributed by atoms with Gasteiger partial charge in [-0.15, -0.1) is 0 Å². The predicted molar refractivity (Wildman–Crippen MR) is 101 cm³/mol. The number of hydrogen-bond donors (Lipinski definition) is 0. The van der Waals surface area contributed by atoms with Crippen LogP contribution in [-0.2, 0) is 21.1 Å². The highest BCUT2D eigenvalue weighted by atomic mass is 79.9. The van der Waals surface area contributed by atoms with Gasteiger partial charge in [-0.1, -0.05) is 28.1 Å². The zero-order valence-electron chi connectivity index (χ0n) is 14.1. The van der Waals surface area contributed by atoms with Crippen molar-refractivity contribution in [2.24, 2.45) is 0 Å². The van der Waals surface area contributed by atoms with Crippen LogP contribution in [0.3, 0.4) is 0 Å². The lowest BCUT2D eigenvalue weighted by molar-refractivity contribution is -0.131. The van der Waals surface area contributed by atoms with Gasteiger partial charge in [0, 0.05) is 17.6 Å². The second-order valence-electron chi connectivity index (χ2n) is 6.41. The first-order valence-corrected chi connectivity index (χ1v) is 10.7. The molecule has 2 aromatic carbocycles. The molecule has 0 saturated carbocycles. The van der Waals surface area contributed by atoms with Crippen LogP contribution in [0.4, 0.5) is 4.39 Å². The van der Waals surface area contributed by atoms with Crippen LogP contribution >= 0.6 is 15.9 Å². The molecule has 1 heterocycles. The summed E-state index contributed by atoms with van der Waals surface area (Å²) < 4.78 is 39.6. The van der Waals surface area contributed by atoms with Crippen molar-refractivity contribution in [2.45, 2.75) is 29.4 Å². The lowest BCUT2D eigenvalue weighted by Gasteiger charge is -2.32. The summed E-state index contributed by atoms with van der Waals surface area (Å²) in [5.74, 6) is -0.551. The fraction of sp³-hybridized carbons (Fsp3) is 0.316. The first kappa shape index (κ1) is 19.0. The summed E-state index contributed by atoms with van der Waals surface area (Å²) in [4.78, 5) is 14.3. The van der Waals surface area contributed by atoms with E-state index >= 15 is 0 Å². The lowest BCUT2D eigenvalue weighted by Crippen LogP contribution is -2.45. The van der Waals surface area contributed by atoms with E-state index in [2.05, 4.69) is 15.9 Å². The van der Waals surface area contributed by atoms with Gasteiger partial charge in [-0.2, -0.15) is 0 Å². The van der Waals surface area contributed by atoms with Crippen molar-refractivity contribution >= 4 is 31.7 Å². The van der Waals surface area contributed by atoms with Gasteiger partial charge in [-0.3, -0.25) is 4.79 Å². The molecule has 1 fully saturated rings. The number of amides is 1. The second-order valence-corrected chi connectivity index (χ2v) is 9.55. The maximum Gasteiger partial charge on any atom is 0.227 e. The molecule has 0 aliphatic carbocycles. The van der Waals surface area contributed by atoms with E-state index in [1.807, 2.05) is 24.3 Å². The number of carbonyl (C=O) groups is 1. The Morgan fingerprint density at radius 2 is 1.77 bits per heavy atom. The van der Waals surface area contributed by atoms with Gasteiger partial charge in [-0.25, -0.2) is 12.8 Å². The molecule has 0 aromatic heterocycles. The highest BCUT2D eigenvalue weighted by Gasteiger charge is 2.33. The minimum atomic E-state index is -3.59. The van der Waals surface area contributed by atoms with E-state index in [0.29, 0.717) is 19.4 Å². The molecule has 3 rings (SSSR count). The number of nitrogens with zero attached hydrogens (tertiary/aromatic N) is 1. The van der Waals surface area contributed by atoms with Crippen LogP contribution in [0.15, 0.2) is 57.9 Å². The fourth-order valence-electron chi connectivity index (χ4n) is 3.12. The number of sulfone groups is 1. The summed E-state index contributed by atoms with van der Waals surface area (Å²) in [6.07, 6.45) is 1.38. The SMILES string of the molecule is O=C(Cc1ccc(Br)cc1)N1CCC[C@H](S(=O)(=O)c2ccc(F)cc2)C1. The first-order valence-electron chi connectivity index (χ1n) is 8.38. The maximum atomic E-state index is 13.1. The van der Waals surface area contributed by atoms with Crippen LogP contribution in [0.2, 0.25) is 0 Å². The number of halogens is 2. The van der Waals surface area contributed by atoms with Crippen molar-refractivity contribution in [1.29, 1.82) is 0 Å². The highest BCUT2D eigenvalue weighted by Crippen LogP contribution is 2.24. The molecule has 26 heavy (non-hydrogen) atoms. The standard InChI is InChI=1S/C19H19BrFNO3S/c20-15-5-3-14(4-6-15)12-19(23)22-11-1-2-18(13-22)26(24,25)17-9-7-16(21)8-10-17/h3-10,18H,1-2,11-13H2/t18-/m0/s1. The second kappa shape index (κ2) is 7.88. The topological polar surface area (TPSA) is 54.5 Å². The van der Waals surface area contributed by atoms with E-state index in [9.17, 15) is 17.6 Å². The van der Waals surface area contributed by atoms with Gasteiger partial charge in [0.05, 0.1) is 16.6 Å². The first-order chi connectivity index (χ1) is 12.4. The molecule has 0 bridgehead atoms. The van der Waals surface area contributed by atoms with Crippen LogP contribution < -0.4 is 0 Å². The number of rotatable bonds is 4. The summed E-state index contributed by atoms with van der Waals surface area (Å²) in [6.45, 7) is 0.736. The molecule has 1 aliphatic rings. The van der Waals surface area contributed by atoms with Crippen LogP contribution in [0.1, 0.15) is 18.4 Å². The number of carbonyl (C=O) groups excluding carboxylic acids is 1. The maximum absolute atomic E-state index is 13.1. The van der Waals surface area contributed by atoms with E-state index in [0.717, 1.165) is 22.2 Å². The van der Waals surface area contributed by atoms with Gasteiger partial charge in [0.2, 0.25) is 5.91 Å². The molecular weight excluding hydrogens is 421 g/mol. The molecular formula is C19H19BrFNO3S. The quantitative estimate of drug-likeness (QED) is 0.683. The zero-order chi connectivity index (χ0) is 18.7. The molecule has 0 N–H and O–H groups in total. The van der Waals surface area contributed by atoms with E-state index in [-0.39, 0.29) is 23.8 Å². The summed E-state index contributed by atoms with van der Waals surface area (Å²) in [5, 5.41) is -0.657. The van der Waals surface area contributed by atoms with Crippen LogP contribution in [0, 0.1) is 5.82 Å². The largest absolute Gasteiger partial charge is 0.341 e. The van der Waals surface area contributed by atoms with Gasteiger partial charge >= 0.3 is 0 Å². The Hall–Kier alpha value is -1.73. The van der Waals surface area contributed by atoms with Crippen LogP contribution in [0.5, 0.6) is 0 Å². The molecule has 4 nitrogen and oxygen atoms in total. The smallest absolute Gasteiger partial charge is 0.227 e. The van der Waals surface area contributed by atoms with Crippen molar-refractivity contribution in [3.8, 4) is 0 Å². The van der Waals surface area contributed by atoms with Crippen LogP contribution in [-0.4, -0.2) is 37.6 Å². The van der Waals surface area contributed by atoms with E-state index in [1.165, 1.54) is 12.1 Å². The zero-order valence-corrected chi connectivity index (χ0v) is 16.5. The minimum Gasteiger partial charge on any atom is -0.341 e. The van der Waals surface area contributed by atoms with Crippen LogP contribution in [0.25, 0.3) is 0 Å². The summed E-state index contributed by atoms with van der Waals surface area (Å²) in [6, 6.07) is 12.4. The van der Waals surface area contributed by atoms with Crippen molar-refractivity contribution in [2.75, 3.05) is 13.1 Å². The molecule has 1 saturated heterocycles. The number of hydrogen-bond acceptors (Lipinski definition) is 3. The molecule has 1 atom stereocenters. The van der Waals surface area contributed by atoms with Gasteiger partial charge in [0.15, 0.2) is 9.84 Å². The highest BCUT2D eigenvalue weighted by molar-refractivity contribution is 9.10. The summed E-state index contributed by atoms with van der Waals surface area (Å²) in [5.41, 5.74) is 0.890. The predicted octanol–water partition coefficient (Wildman–Crippen LogP) is 3.60. The molecule has 1 amide bonds. The number of piperidine rings is 1. The van der Waals surface area contributed by atoms with Crippen molar-refractivity contribution in [1.82, 2.24) is 4.90 Å². The van der Waals surface area contributed by atoms with Gasteiger partial charge in [0.25, 0.3) is 0 Å². The molecule has 7 heteroatoms. The Morgan fingerprint density at radius 3 is 2.42 bits per heavy atom. The molecule has 0 unspecified atom stereocenters. The average Bonchev–Trinajstić information content (AvgIpc) is 2.64. The fourth-order valence-corrected chi connectivity index (χ4v) is 5.14. The average molecular weight is 440 g/mol. The van der Waals surface area contributed by atoms with Gasteiger partial charge in [0.1, 0.15) is 5.82 Å². The van der Waals surface area contributed by atoms with Crippen molar-refractivity contribution in [3.63, 3.8) is 0 Å². The number of likely N-dealkylation sites (tertiary alicyclic amines) is 1. The normalized spacial score (nSPS) is 17.9. The van der Waals surface area contributed by atoms with Gasteiger partial charge in [-0.05, 0) is 54.8 Å². The number of benzene rings is 2. The van der Waals surface area contributed by atoms with Crippen molar-refractivity contribution in [3.05, 3.63) is 64.4 Å². The molecule has 2 aromatic rings. The third kappa shape index (κ3) is 4.32. The van der Waals surface area contributed by atoms with E-state index < -0.39 is 20.9 Å². The Bertz CT molecular complexity index is 882. The Morgan fingerprint density at radius 1 is 1.12 bits per heavy atom. The minimum absolute atomic E-state index is 0.0775. The van der Waals surface area contributed by atoms with E-state index in [1.54, 1.807) is 4.90 Å². The molecule has 138 valence electrons. The lowest BCUT2D eigenvalue weighted by atomic mass is 10.1. The monoisotopic (exact) mass is 439 g/mol. The molecule has 1 aliphatic heterocycles. The molecule has 0 spiro atoms. The third-order valence-electron chi connectivity index (χ3n) is 4.58. The Balaban J connectivity index is 1.71. The van der Waals surface area contributed by atoms with E-state index in [4.69, 9.17) is 0 Å².